The SMILES string of the molecule is CC(N)CCN[N+](=O)[O-]. The van der Waals surface area contributed by atoms with Gasteiger partial charge in [-0.3, -0.25) is 0 Å². The van der Waals surface area contributed by atoms with Crippen LogP contribution in [0, 0.1) is 10.1 Å². The molecule has 54 valence electrons. The fourth-order valence-electron chi connectivity index (χ4n) is 0.384. The third-order valence-electron chi connectivity index (χ3n) is 0.841. The van der Waals surface area contributed by atoms with Gasteiger partial charge in [-0.2, -0.15) is 0 Å². The Morgan fingerprint density at radius 3 is 2.78 bits per heavy atom. The van der Waals surface area contributed by atoms with E-state index in [0.29, 0.717) is 13.0 Å². The van der Waals surface area contributed by atoms with Crippen LogP contribution >= 0.6 is 0 Å². The fourth-order valence-corrected chi connectivity index (χ4v) is 0.384. The Morgan fingerprint density at radius 2 is 2.44 bits per heavy atom. The molecule has 0 saturated carbocycles. The van der Waals surface area contributed by atoms with E-state index < -0.39 is 5.03 Å². The van der Waals surface area contributed by atoms with Crippen LogP contribution in [-0.2, 0) is 0 Å². The van der Waals surface area contributed by atoms with Gasteiger partial charge in [-0.15, -0.1) is 5.43 Å². The number of nitrogens with two attached hydrogens (primary N) is 1. The molecule has 0 radical (unpaired) electrons. The number of hydrazine groups is 1. The van der Waals surface area contributed by atoms with E-state index in [9.17, 15) is 10.1 Å². The maximum Gasteiger partial charge on any atom is 0.157 e. The quantitative estimate of drug-likeness (QED) is 0.400. The summed E-state index contributed by atoms with van der Waals surface area (Å²) < 4.78 is 0. The van der Waals surface area contributed by atoms with Crippen LogP contribution in [0.5, 0.6) is 0 Å². The summed E-state index contributed by atoms with van der Waals surface area (Å²) in [6.07, 6.45) is 0.626. The summed E-state index contributed by atoms with van der Waals surface area (Å²) >= 11 is 0. The summed E-state index contributed by atoms with van der Waals surface area (Å²) in [5, 5.41) is 9.07. The average Bonchev–Trinajstić information content (AvgIpc) is 1.63. The largest absolute Gasteiger partial charge is 0.328 e. The Morgan fingerprint density at radius 1 is 1.89 bits per heavy atom. The van der Waals surface area contributed by atoms with Crippen LogP contribution in [0.15, 0.2) is 0 Å². The standard InChI is InChI=1S/C4H11N3O2/c1-4(5)2-3-6-7(8)9/h4,6H,2-3,5H2,1H3. The molecule has 3 N–H and O–H groups in total. The first kappa shape index (κ1) is 8.16. The molecule has 0 aromatic carbocycles. The molecule has 0 bridgehead atoms. The van der Waals surface area contributed by atoms with Crippen LogP contribution in [0.3, 0.4) is 0 Å². The van der Waals surface area contributed by atoms with Crippen molar-refractivity contribution in [1.82, 2.24) is 5.43 Å². The van der Waals surface area contributed by atoms with Crippen molar-refractivity contribution in [2.45, 2.75) is 19.4 Å². The van der Waals surface area contributed by atoms with Crippen LogP contribution < -0.4 is 11.2 Å². The molecule has 0 amide bonds. The number of hydrogen-bond donors (Lipinski definition) is 2. The van der Waals surface area contributed by atoms with Crippen LogP contribution in [0.25, 0.3) is 0 Å². The van der Waals surface area contributed by atoms with Gasteiger partial charge < -0.3 is 5.73 Å². The lowest BCUT2D eigenvalue weighted by atomic mass is 10.3. The minimum absolute atomic E-state index is 0.0254. The van der Waals surface area contributed by atoms with Gasteiger partial charge in [-0.1, -0.05) is 0 Å². The summed E-state index contributed by atoms with van der Waals surface area (Å²) in [5.74, 6) is 0. The molecule has 0 aromatic rings. The number of hydrogen-bond acceptors (Lipinski definition) is 3. The summed E-state index contributed by atoms with van der Waals surface area (Å²) in [6.45, 7) is 2.15. The van der Waals surface area contributed by atoms with Crippen molar-refractivity contribution in [1.29, 1.82) is 0 Å². The maximum absolute atomic E-state index is 9.63. The maximum atomic E-state index is 9.63. The predicted octanol–water partition coefficient (Wildman–Crippen LogP) is -0.495. The van der Waals surface area contributed by atoms with Crippen molar-refractivity contribution < 1.29 is 5.03 Å². The van der Waals surface area contributed by atoms with Gasteiger partial charge >= 0.3 is 0 Å². The first-order valence-corrected chi connectivity index (χ1v) is 2.76. The topological polar surface area (TPSA) is 81.2 Å². The number of nitrogens with zero attached hydrogens (tertiary/aromatic N) is 1. The molecule has 0 spiro atoms. The first-order valence-electron chi connectivity index (χ1n) is 2.76. The molecule has 0 aliphatic carbocycles. The zero-order valence-electron chi connectivity index (χ0n) is 5.33. The Bertz CT molecular complexity index is 93.8. The molecule has 0 fully saturated rings. The molecule has 9 heavy (non-hydrogen) atoms. The number of nitro groups is 1. The van der Waals surface area contributed by atoms with Crippen LogP contribution in [0.1, 0.15) is 13.3 Å². The molecule has 0 aliphatic rings. The van der Waals surface area contributed by atoms with Crippen LogP contribution in [-0.4, -0.2) is 17.6 Å². The minimum atomic E-state index is -0.567. The van der Waals surface area contributed by atoms with E-state index in [0.717, 1.165) is 0 Å². The molecule has 1 unspecified atom stereocenters. The highest BCUT2D eigenvalue weighted by atomic mass is 16.7. The van der Waals surface area contributed by atoms with Gasteiger partial charge in [0.2, 0.25) is 0 Å². The minimum Gasteiger partial charge on any atom is -0.328 e. The molecule has 0 rings (SSSR count). The van der Waals surface area contributed by atoms with Crippen LogP contribution in [0.4, 0.5) is 0 Å². The second-order valence-corrected chi connectivity index (χ2v) is 1.93. The Balaban J connectivity index is 3.01. The first-order chi connectivity index (χ1) is 4.13. The molecule has 1 atom stereocenters. The molecule has 5 heteroatoms. The van der Waals surface area contributed by atoms with E-state index in [1.807, 2.05) is 12.3 Å². The molecule has 0 aliphatic heterocycles. The van der Waals surface area contributed by atoms with E-state index in [4.69, 9.17) is 5.73 Å². The lowest BCUT2D eigenvalue weighted by molar-refractivity contribution is -0.544. The third-order valence-corrected chi connectivity index (χ3v) is 0.841. The Labute approximate surface area is 53.3 Å². The zero-order valence-corrected chi connectivity index (χ0v) is 5.33. The number of nitrogens with one attached hydrogen (secondary N) is 1. The van der Waals surface area contributed by atoms with Crippen molar-refractivity contribution in [3.8, 4) is 0 Å². The second kappa shape index (κ2) is 4.08. The molecular weight excluding hydrogens is 122 g/mol. The predicted molar refractivity (Wildman–Crippen MR) is 33.3 cm³/mol. The van der Waals surface area contributed by atoms with Gasteiger partial charge in [0.25, 0.3) is 0 Å². The summed E-state index contributed by atoms with van der Waals surface area (Å²) in [5.41, 5.74) is 7.34. The normalized spacial score (nSPS) is 12.7. The van der Waals surface area contributed by atoms with Crippen LogP contribution in [0.2, 0.25) is 0 Å². The van der Waals surface area contributed by atoms with E-state index in [2.05, 4.69) is 0 Å². The molecule has 0 heterocycles. The van der Waals surface area contributed by atoms with Gasteiger partial charge in [-0.05, 0) is 13.3 Å². The van der Waals surface area contributed by atoms with Crippen molar-refractivity contribution in [2.24, 2.45) is 5.73 Å². The molecule has 0 aromatic heterocycles. The lowest BCUT2D eigenvalue weighted by Gasteiger charge is -2.00. The monoisotopic (exact) mass is 133 g/mol. The van der Waals surface area contributed by atoms with E-state index in [1.54, 1.807) is 0 Å². The highest BCUT2D eigenvalue weighted by Crippen LogP contribution is 1.80. The van der Waals surface area contributed by atoms with Crippen molar-refractivity contribution >= 4 is 0 Å². The van der Waals surface area contributed by atoms with E-state index in [-0.39, 0.29) is 6.04 Å². The third kappa shape index (κ3) is 7.16. The average molecular weight is 133 g/mol. The smallest absolute Gasteiger partial charge is 0.157 e. The molecule has 0 saturated heterocycles. The van der Waals surface area contributed by atoms with Gasteiger partial charge in [0.1, 0.15) is 0 Å². The van der Waals surface area contributed by atoms with Crippen molar-refractivity contribution in [3.05, 3.63) is 10.1 Å². The Kier molecular flexibility index (Phi) is 3.70. The van der Waals surface area contributed by atoms with Gasteiger partial charge in [0, 0.05) is 6.04 Å². The van der Waals surface area contributed by atoms with Crippen molar-refractivity contribution in [2.75, 3.05) is 6.54 Å². The zero-order chi connectivity index (χ0) is 7.28. The molecule has 5 nitrogen and oxygen atoms in total. The second-order valence-electron chi connectivity index (χ2n) is 1.93. The summed E-state index contributed by atoms with van der Waals surface area (Å²) in [4.78, 5) is 9.63. The van der Waals surface area contributed by atoms with Gasteiger partial charge in [0.05, 0.1) is 6.54 Å². The molecular formula is C4H11N3O2. The fraction of sp³-hybridized carbons (Fsp3) is 1.00. The summed E-state index contributed by atoms with van der Waals surface area (Å²) in [7, 11) is 0. The Hall–Kier alpha value is -0.840. The van der Waals surface area contributed by atoms with E-state index >= 15 is 0 Å². The summed E-state index contributed by atoms with van der Waals surface area (Å²) in [6, 6.07) is 0.0254. The van der Waals surface area contributed by atoms with Crippen molar-refractivity contribution in [3.63, 3.8) is 0 Å². The van der Waals surface area contributed by atoms with Gasteiger partial charge in [-0.25, -0.2) is 10.1 Å². The van der Waals surface area contributed by atoms with Gasteiger partial charge in [0.15, 0.2) is 5.03 Å². The lowest BCUT2D eigenvalue weighted by Crippen LogP contribution is -2.27. The highest BCUT2D eigenvalue weighted by Gasteiger charge is 1.95. The highest BCUT2D eigenvalue weighted by molar-refractivity contribution is 4.51. The number of rotatable bonds is 4. The van der Waals surface area contributed by atoms with E-state index in [1.165, 1.54) is 0 Å².